The van der Waals surface area contributed by atoms with Crippen LogP contribution >= 0.6 is 11.3 Å². The van der Waals surface area contributed by atoms with Crippen LogP contribution in [0.3, 0.4) is 0 Å². The van der Waals surface area contributed by atoms with Crippen LogP contribution in [0.15, 0.2) is 16.8 Å². The molecule has 0 amide bonds. The average molecular weight is 180 g/mol. The predicted octanol–water partition coefficient (Wildman–Crippen LogP) is 0.930. The van der Waals surface area contributed by atoms with Gasteiger partial charge in [0.2, 0.25) is 0 Å². The van der Waals surface area contributed by atoms with E-state index >= 15 is 0 Å². The fourth-order valence-electron chi connectivity index (χ4n) is 0.421. The lowest BCUT2D eigenvalue weighted by Crippen LogP contribution is -2.05. The van der Waals surface area contributed by atoms with Gasteiger partial charge in [-0.15, -0.1) is 11.3 Å². The molecule has 1 N–H and O–H groups in total. The van der Waals surface area contributed by atoms with Gasteiger partial charge in [0.15, 0.2) is 5.75 Å². The van der Waals surface area contributed by atoms with Crippen LogP contribution in [0.5, 0.6) is 5.75 Å². The zero-order valence-electron chi connectivity index (χ0n) is 4.72. The molecule has 4 nitrogen and oxygen atoms in total. The van der Waals surface area contributed by atoms with E-state index in [1.165, 1.54) is 22.8 Å². The van der Waals surface area contributed by atoms with Gasteiger partial charge in [0.1, 0.15) is 0 Å². The van der Waals surface area contributed by atoms with Crippen LogP contribution in [0.4, 0.5) is 0 Å². The number of rotatable bonds is 2. The van der Waals surface area contributed by atoms with E-state index in [-0.39, 0.29) is 5.75 Å². The Morgan fingerprint density at radius 1 is 1.60 bits per heavy atom. The molecular formula is C4H4O4S2. The van der Waals surface area contributed by atoms with Gasteiger partial charge in [0.25, 0.3) is 0 Å². The van der Waals surface area contributed by atoms with E-state index in [1.807, 2.05) is 0 Å². The van der Waals surface area contributed by atoms with Gasteiger partial charge < -0.3 is 4.18 Å². The molecule has 0 aliphatic heterocycles. The molecule has 1 aromatic rings. The van der Waals surface area contributed by atoms with Crippen molar-refractivity contribution in [1.29, 1.82) is 0 Å². The number of thiophene rings is 1. The first kappa shape index (κ1) is 7.52. The summed E-state index contributed by atoms with van der Waals surface area (Å²) in [5.74, 6) is 0.132. The van der Waals surface area contributed by atoms with Crippen molar-refractivity contribution < 1.29 is 17.2 Å². The first-order chi connectivity index (χ1) is 4.58. The van der Waals surface area contributed by atoms with Crippen molar-refractivity contribution in [3.05, 3.63) is 16.8 Å². The lowest BCUT2D eigenvalue weighted by Gasteiger charge is -1.94. The predicted molar refractivity (Wildman–Crippen MR) is 36.5 cm³/mol. The first-order valence-electron chi connectivity index (χ1n) is 2.27. The second-order valence-electron chi connectivity index (χ2n) is 1.47. The first-order valence-corrected chi connectivity index (χ1v) is 4.58. The van der Waals surface area contributed by atoms with Crippen molar-refractivity contribution in [3.63, 3.8) is 0 Å². The van der Waals surface area contributed by atoms with Crippen molar-refractivity contribution in [3.8, 4) is 5.75 Å². The molecule has 0 aromatic carbocycles. The van der Waals surface area contributed by atoms with Crippen LogP contribution in [-0.4, -0.2) is 13.0 Å². The maximum absolute atomic E-state index is 10.0. The molecule has 0 bridgehead atoms. The van der Waals surface area contributed by atoms with E-state index in [1.54, 1.807) is 5.38 Å². The van der Waals surface area contributed by atoms with Crippen molar-refractivity contribution in [1.82, 2.24) is 0 Å². The fourth-order valence-corrected chi connectivity index (χ4v) is 1.38. The van der Waals surface area contributed by atoms with E-state index in [4.69, 9.17) is 4.55 Å². The minimum atomic E-state index is -4.34. The summed E-state index contributed by atoms with van der Waals surface area (Å²) >= 11 is 1.28. The van der Waals surface area contributed by atoms with Crippen LogP contribution in [-0.2, 0) is 10.4 Å². The van der Waals surface area contributed by atoms with E-state index < -0.39 is 10.4 Å². The molecule has 0 atom stereocenters. The highest BCUT2D eigenvalue weighted by molar-refractivity contribution is 7.81. The lowest BCUT2D eigenvalue weighted by molar-refractivity contribution is 0.387. The molecule has 1 heterocycles. The second-order valence-corrected chi connectivity index (χ2v) is 3.27. The van der Waals surface area contributed by atoms with Gasteiger partial charge >= 0.3 is 10.4 Å². The van der Waals surface area contributed by atoms with E-state index in [0.717, 1.165) is 0 Å². The fraction of sp³-hybridized carbons (Fsp3) is 0. The molecule has 0 saturated carbocycles. The van der Waals surface area contributed by atoms with E-state index in [9.17, 15) is 8.42 Å². The molecule has 6 heteroatoms. The van der Waals surface area contributed by atoms with Gasteiger partial charge in [-0.05, 0) is 11.4 Å². The Bertz CT molecular complexity index is 285. The lowest BCUT2D eigenvalue weighted by atomic mass is 10.6. The molecule has 0 fully saturated rings. The maximum atomic E-state index is 10.0. The van der Waals surface area contributed by atoms with Crippen LogP contribution in [0.25, 0.3) is 0 Å². The Balaban J connectivity index is 2.75. The average Bonchev–Trinajstić information content (AvgIpc) is 2.12. The van der Waals surface area contributed by atoms with Crippen LogP contribution in [0.2, 0.25) is 0 Å². The van der Waals surface area contributed by atoms with Gasteiger partial charge in [0.05, 0.1) is 0 Å². The summed E-state index contributed by atoms with van der Waals surface area (Å²) < 4.78 is 32.3. The Labute approximate surface area is 62.0 Å². The van der Waals surface area contributed by atoms with Crippen molar-refractivity contribution >= 4 is 21.7 Å². The summed E-state index contributed by atoms with van der Waals surface area (Å²) in [5, 5.41) is 3.11. The van der Waals surface area contributed by atoms with Gasteiger partial charge in [-0.1, -0.05) is 0 Å². The molecule has 10 heavy (non-hydrogen) atoms. The van der Waals surface area contributed by atoms with Crippen LogP contribution in [0.1, 0.15) is 0 Å². The monoisotopic (exact) mass is 180 g/mol. The standard InChI is InChI=1S/C4H4O4S2/c5-10(6,7)8-4-1-2-9-3-4/h1-3H,(H,5,6,7). The minimum Gasteiger partial charge on any atom is -0.361 e. The third-order valence-corrected chi connectivity index (χ3v) is 1.76. The highest BCUT2D eigenvalue weighted by Gasteiger charge is 2.05. The minimum absolute atomic E-state index is 0.132. The number of hydrogen-bond acceptors (Lipinski definition) is 4. The maximum Gasteiger partial charge on any atom is 0.446 e. The summed E-state index contributed by atoms with van der Waals surface area (Å²) in [6, 6.07) is 1.44. The summed E-state index contributed by atoms with van der Waals surface area (Å²) in [7, 11) is -4.34. The molecule has 1 aromatic heterocycles. The molecule has 56 valence electrons. The highest BCUT2D eigenvalue weighted by atomic mass is 32.3. The Hall–Kier alpha value is -0.590. The molecule has 0 radical (unpaired) electrons. The molecule has 0 aliphatic rings. The SMILES string of the molecule is O=S(=O)(O)Oc1ccsc1. The quantitative estimate of drug-likeness (QED) is 0.687. The molecule has 0 unspecified atom stereocenters. The third-order valence-electron chi connectivity index (χ3n) is 0.697. The topological polar surface area (TPSA) is 63.6 Å². The summed E-state index contributed by atoms with van der Waals surface area (Å²) in [4.78, 5) is 0. The largest absolute Gasteiger partial charge is 0.446 e. The van der Waals surface area contributed by atoms with Gasteiger partial charge in [-0.25, -0.2) is 0 Å². The smallest absolute Gasteiger partial charge is 0.361 e. The third kappa shape index (κ3) is 2.34. The Kier molecular flexibility index (Phi) is 1.93. The van der Waals surface area contributed by atoms with Crippen molar-refractivity contribution in [2.75, 3.05) is 0 Å². The summed E-state index contributed by atoms with van der Waals surface area (Å²) in [6.45, 7) is 0. The van der Waals surface area contributed by atoms with E-state index in [0.29, 0.717) is 0 Å². The van der Waals surface area contributed by atoms with Gasteiger partial charge in [-0.3, -0.25) is 4.55 Å². The Morgan fingerprint density at radius 3 is 2.70 bits per heavy atom. The van der Waals surface area contributed by atoms with Gasteiger partial charge in [0, 0.05) is 5.38 Å². The molecule has 0 aliphatic carbocycles. The highest BCUT2D eigenvalue weighted by Crippen LogP contribution is 2.15. The van der Waals surface area contributed by atoms with Crippen LogP contribution < -0.4 is 4.18 Å². The van der Waals surface area contributed by atoms with Gasteiger partial charge in [-0.2, -0.15) is 8.42 Å². The van der Waals surface area contributed by atoms with Crippen LogP contribution in [0, 0.1) is 0 Å². The second kappa shape index (κ2) is 2.57. The van der Waals surface area contributed by atoms with Crippen molar-refractivity contribution in [2.45, 2.75) is 0 Å². The molecule has 0 saturated heterocycles. The zero-order chi connectivity index (χ0) is 7.61. The van der Waals surface area contributed by atoms with E-state index in [2.05, 4.69) is 4.18 Å². The summed E-state index contributed by atoms with van der Waals surface area (Å²) in [5.41, 5.74) is 0. The van der Waals surface area contributed by atoms with Crippen molar-refractivity contribution in [2.24, 2.45) is 0 Å². The zero-order valence-corrected chi connectivity index (χ0v) is 6.35. The molecule has 0 spiro atoms. The molecule has 1 rings (SSSR count). The molecular weight excluding hydrogens is 176 g/mol. The number of hydrogen-bond donors (Lipinski definition) is 1. The normalized spacial score (nSPS) is 11.3. The summed E-state index contributed by atoms with van der Waals surface area (Å²) in [6.07, 6.45) is 0. The Morgan fingerprint density at radius 2 is 2.30 bits per heavy atom.